The number of hydrogen-bond donors (Lipinski definition) is 1. The average Bonchev–Trinajstić information content (AvgIpc) is 3.01. The van der Waals surface area contributed by atoms with Gasteiger partial charge in [0, 0.05) is 16.8 Å². The number of hydrogen-bond acceptors (Lipinski definition) is 7. The first-order valence-corrected chi connectivity index (χ1v) is 8.41. The number of anilines is 1. The molecule has 0 atom stereocenters. The Hall–Kier alpha value is -1.60. The van der Waals surface area contributed by atoms with E-state index in [9.17, 15) is 0 Å². The second kappa shape index (κ2) is 6.03. The van der Waals surface area contributed by atoms with E-state index in [1.54, 1.807) is 17.6 Å². The molecular weight excluding hydrogens is 304 g/mol. The number of rotatable bonds is 5. The average molecular weight is 320 g/mol. The molecule has 0 aliphatic heterocycles. The number of thiophene rings is 1. The summed E-state index contributed by atoms with van der Waals surface area (Å²) in [6.45, 7) is 6.96. The Morgan fingerprint density at radius 3 is 2.86 bits per heavy atom. The Kier molecular flexibility index (Phi) is 4.12. The number of nitrogens with one attached hydrogen (secondary N) is 1. The summed E-state index contributed by atoms with van der Waals surface area (Å²) in [6.07, 6.45) is 2.68. The highest BCUT2D eigenvalue weighted by Crippen LogP contribution is 2.35. The van der Waals surface area contributed by atoms with Gasteiger partial charge in [-0.3, -0.25) is 0 Å². The van der Waals surface area contributed by atoms with Gasteiger partial charge in [0.15, 0.2) is 0 Å². The van der Waals surface area contributed by atoms with E-state index < -0.39 is 0 Å². The van der Waals surface area contributed by atoms with Crippen molar-refractivity contribution in [1.82, 2.24) is 15.0 Å². The van der Waals surface area contributed by atoms with E-state index in [4.69, 9.17) is 4.42 Å². The fourth-order valence-electron chi connectivity index (χ4n) is 1.87. The molecular formula is C14H16N4OS2. The predicted octanol–water partition coefficient (Wildman–Crippen LogP) is 4.27. The molecule has 0 amide bonds. The zero-order chi connectivity index (χ0) is 14.8. The van der Waals surface area contributed by atoms with Gasteiger partial charge in [0.25, 0.3) is 5.22 Å². The third-order valence-electron chi connectivity index (χ3n) is 2.80. The van der Waals surface area contributed by atoms with Crippen LogP contribution in [0.15, 0.2) is 27.0 Å². The van der Waals surface area contributed by atoms with Crippen molar-refractivity contribution in [1.29, 1.82) is 0 Å². The van der Waals surface area contributed by atoms with Crippen molar-refractivity contribution in [3.8, 4) is 0 Å². The molecule has 0 bridgehead atoms. The van der Waals surface area contributed by atoms with Crippen molar-refractivity contribution in [2.45, 2.75) is 37.4 Å². The SMILES string of the molecule is CCCNc1nc(Sc2nc(C)co2)c2cc(C)sc2n1. The molecule has 0 aromatic carbocycles. The van der Waals surface area contributed by atoms with Crippen LogP contribution in [0.2, 0.25) is 0 Å². The molecule has 0 unspecified atom stereocenters. The highest BCUT2D eigenvalue weighted by Gasteiger charge is 2.14. The summed E-state index contributed by atoms with van der Waals surface area (Å²) in [5, 5.41) is 5.79. The van der Waals surface area contributed by atoms with Crippen molar-refractivity contribution < 1.29 is 4.42 Å². The fraction of sp³-hybridized carbons (Fsp3) is 0.357. The van der Waals surface area contributed by atoms with Crippen LogP contribution in [-0.2, 0) is 0 Å². The van der Waals surface area contributed by atoms with Gasteiger partial charge in [-0.05, 0) is 38.1 Å². The standard InChI is InChI=1S/C14H16N4OS2/c1-4-5-15-13-17-11-10(6-9(3)20-11)12(18-13)21-14-16-8(2)7-19-14/h6-7H,4-5H2,1-3H3,(H,15,17,18). The summed E-state index contributed by atoms with van der Waals surface area (Å²) in [5.74, 6) is 0.664. The lowest BCUT2D eigenvalue weighted by atomic mass is 10.4. The van der Waals surface area contributed by atoms with Crippen LogP contribution >= 0.6 is 23.1 Å². The van der Waals surface area contributed by atoms with E-state index in [-0.39, 0.29) is 0 Å². The summed E-state index contributed by atoms with van der Waals surface area (Å²) in [6, 6.07) is 2.11. The van der Waals surface area contributed by atoms with Crippen LogP contribution in [0.25, 0.3) is 10.2 Å². The molecule has 0 fully saturated rings. The molecule has 3 heterocycles. The second-order valence-electron chi connectivity index (χ2n) is 4.71. The van der Waals surface area contributed by atoms with Gasteiger partial charge in [-0.25, -0.2) is 15.0 Å². The lowest BCUT2D eigenvalue weighted by Gasteiger charge is -2.05. The van der Waals surface area contributed by atoms with Crippen molar-refractivity contribution in [3.05, 3.63) is 22.9 Å². The molecule has 0 saturated heterocycles. The lowest BCUT2D eigenvalue weighted by molar-refractivity contribution is 0.454. The highest BCUT2D eigenvalue weighted by molar-refractivity contribution is 7.99. The third kappa shape index (κ3) is 3.19. The van der Waals surface area contributed by atoms with E-state index in [1.807, 2.05) is 6.92 Å². The Morgan fingerprint density at radius 2 is 2.14 bits per heavy atom. The first-order chi connectivity index (χ1) is 10.2. The van der Waals surface area contributed by atoms with Gasteiger partial charge in [0.05, 0.1) is 5.69 Å². The summed E-state index contributed by atoms with van der Waals surface area (Å²) in [4.78, 5) is 15.7. The van der Waals surface area contributed by atoms with E-state index in [0.29, 0.717) is 11.2 Å². The zero-order valence-corrected chi connectivity index (χ0v) is 13.8. The second-order valence-corrected chi connectivity index (χ2v) is 6.89. The third-order valence-corrected chi connectivity index (χ3v) is 4.61. The Morgan fingerprint density at radius 1 is 1.29 bits per heavy atom. The summed E-state index contributed by atoms with van der Waals surface area (Å²) in [7, 11) is 0. The van der Waals surface area contributed by atoms with Crippen molar-refractivity contribution in [2.75, 3.05) is 11.9 Å². The van der Waals surface area contributed by atoms with E-state index in [1.165, 1.54) is 16.6 Å². The maximum Gasteiger partial charge on any atom is 0.262 e. The molecule has 0 spiro atoms. The molecule has 0 radical (unpaired) electrons. The quantitative estimate of drug-likeness (QED) is 0.708. The first-order valence-electron chi connectivity index (χ1n) is 6.77. The van der Waals surface area contributed by atoms with Crippen molar-refractivity contribution >= 4 is 39.3 Å². The van der Waals surface area contributed by atoms with Crippen molar-refractivity contribution in [3.63, 3.8) is 0 Å². The van der Waals surface area contributed by atoms with Crippen LogP contribution in [0, 0.1) is 13.8 Å². The largest absolute Gasteiger partial charge is 0.439 e. The minimum Gasteiger partial charge on any atom is -0.439 e. The number of nitrogens with zero attached hydrogens (tertiary/aromatic N) is 3. The Labute approximate surface area is 131 Å². The van der Waals surface area contributed by atoms with Crippen LogP contribution in [-0.4, -0.2) is 21.5 Å². The molecule has 110 valence electrons. The molecule has 3 rings (SSSR count). The summed E-state index contributed by atoms with van der Waals surface area (Å²) in [5.41, 5.74) is 0.869. The van der Waals surface area contributed by atoms with Gasteiger partial charge in [-0.15, -0.1) is 11.3 Å². The maximum atomic E-state index is 5.42. The van der Waals surface area contributed by atoms with Crippen LogP contribution in [0.1, 0.15) is 23.9 Å². The minimum absolute atomic E-state index is 0.609. The number of fused-ring (bicyclic) bond motifs is 1. The molecule has 3 aromatic heterocycles. The smallest absolute Gasteiger partial charge is 0.262 e. The molecule has 1 N–H and O–H groups in total. The van der Waals surface area contributed by atoms with E-state index >= 15 is 0 Å². The first kappa shape index (κ1) is 14.3. The summed E-state index contributed by atoms with van der Waals surface area (Å²) >= 11 is 3.11. The Bertz CT molecular complexity index is 766. The van der Waals surface area contributed by atoms with Crippen LogP contribution < -0.4 is 5.32 Å². The van der Waals surface area contributed by atoms with Gasteiger partial charge in [-0.2, -0.15) is 0 Å². The predicted molar refractivity (Wildman–Crippen MR) is 86.3 cm³/mol. The molecule has 21 heavy (non-hydrogen) atoms. The topological polar surface area (TPSA) is 63.8 Å². The number of aromatic nitrogens is 3. The normalized spacial score (nSPS) is 11.2. The van der Waals surface area contributed by atoms with E-state index in [2.05, 4.69) is 40.2 Å². The van der Waals surface area contributed by atoms with Crippen molar-refractivity contribution in [2.24, 2.45) is 0 Å². The highest BCUT2D eigenvalue weighted by atomic mass is 32.2. The lowest BCUT2D eigenvalue weighted by Crippen LogP contribution is -2.04. The Balaban J connectivity index is 2.01. The number of aryl methyl sites for hydroxylation is 2. The molecule has 7 heteroatoms. The molecule has 0 aliphatic rings. The summed E-state index contributed by atoms with van der Waals surface area (Å²) < 4.78 is 5.42. The van der Waals surface area contributed by atoms with Gasteiger partial charge >= 0.3 is 0 Å². The number of oxazole rings is 1. The van der Waals surface area contributed by atoms with Crippen LogP contribution in [0.3, 0.4) is 0 Å². The van der Waals surface area contributed by atoms with E-state index in [0.717, 1.165) is 33.9 Å². The van der Waals surface area contributed by atoms with Gasteiger partial charge < -0.3 is 9.73 Å². The fourth-order valence-corrected chi connectivity index (χ4v) is 3.66. The van der Waals surface area contributed by atoms with Crippen LogP contribution in [0.4, 0.5) is 5.95 Å². The molecule has 3 aromatic rings. The van der Waals surface area contributed by atoms with Gasteiger partial charge in [0.1, 0.15) is 16.1 Å². The zero-order valence-electron chi connectivity index (χ0n) is 12.1. The monoisotopic (exact) mass is 320 g/mol. The van der Waals surface area contributed by atoms with Gasteiger partial charge in [0.2, 0.25) is 5.95 Å². The molecule has 0 saturated carbocycles. The molecule has 5 nitrogen and oxygen atoms in total. The van der Waals surface area contributed by atoms with Crippen LogP contribution in [0.5, 0.6) is 0 Å². The molecule has 0 aliphatic carbocycles. The maximum absolute atomic E-state index is 5.42. The minimum atomic E-state index is 0.609. The van der Waals surface area contributed by atoms with Gasteiger partial charge in [-0.1, -0.05) is 6.92 Å².